The van der Waals surface area contributed by atoms with Crippen LogP contribution in [0.4, 0.5) is 16.5 Å². The number of nitrogens with two attached hydrogens (primary N) is 1. The van der Waals surface area contributed by atoms with E-state index in [9.17, 15) is 14.9 Å². The van der Waals surface area contributed by atoms with E-state index in [2.05, 4.69) is 15.6 Å². The van der Waals surface area contributed by atoms with Crippen molar-refractivity contribution >= 4 is 28.8 Å². The lowest BCUT2D eigenvalue weighted by molar-refractivity contribution is -0.383. The van der Waals surface area contributed by atoms with Gasteiger partial charge >= 0.3 is 6.03 Å². The lowest BCUT2D eigenvalue weighted by Gasteiger charge is -2.01. The second-order valence-electron chi connectivity index (χ2n) is 3.62. The van der Waals surface area contributed by atoms with E-state index < -0.39 is 11.0 Å². The largest absolute Gasteiger partial charge is 0.423 e. The summed E-state index contributed by atoms with van der Waals surface area (Å²) >= 11 is 0. The number of amides is 2. The molecular weight excluding hydrogens is 254 g/mol. The summed E-state index contributed by atoms with van der Waals surface area (Å²) in [5.74, 6) is 0. The molecular formula is C10H11N5O4. The van der Waals surface area contributed by atoms with Crippen LogP contribution in [0.3, 0.4) is 0 Å². The minimum absolute atomic E-state index is 0.121. The van der Waals surface area contributed by atoms with Crippen LogP contribution in [0.15, 0.2) is 22.6 Å². The number of hydrogen-bond donors (Lipinski definition) is 3. The minimum atomic E-state index is -0.630. The van der Waals surface area contributed by atoms with Gasteiger partial charge in [-0.05, 0) is 6.07 Å². The molecule has 0 bridgehead atoms. The molecule has 0 spiro atoms. The summed E-state index contributed by atoms with van der Waals surface area (Å²) in [6.45, 7) is 0.625. The van der Waals surface area contributed by atoms with Crippen LogP contribution in [0.2, 0.25) is 0 Å². The van der Waals surface area contributed by atoms with Gasteiger partial charge in [0.2, 0.25) is 0 Å². The Morgan fingerprint density at radius 1 is 1.47 bits per heavy atom. The van der Waals surface area contributed by atoms with E-state index in [1.165, 1.54) is 12.1 Å². The van der Waals surface area contributed by atoms with Gasteiger partial charge in [0.25, 0.3) is 11.7 Å². The van der Waals surface area contributed by atoms with E-state index in [1.807, 2.05) is 0 Å². The third-order valence-electron chi connectivity index (χ3n) is 2.29. The lowest BCUT2D eigenvalue weighted by Crippen LogP contribution is -2.33. The van der Waals surface area contributed by atoms with E-state index >= 15 is 0 Å². The van der Waals surface area contributed by atoms with Crippen LogP contribution in [-0.4, -0.2) is 29.0 Å². The van der Waals surface area contributed by atoms with E-state index in [1.54, 1.807) is 6.07 Å². The van der Waals surface area contributed by atoms with Crippen LogP contribution >= 0.6 is 0 Å². The molecule has 0 radical (unpaired) electrons. The van der Waals surface area contributed by atoms with Crippen molar-refractivity contribution in [2.75, 3.05) is 18.4 Å². The lowest BCUT2D eigenvalue weighted by atomic mass is 10.3. The molecule has 4 N–H and O–H groups in total. The average Bonchev–Trinajstić information content (AvgIpc) is 2.76. The highest BCUT2D eigenvalue weighted by atomic mass is 16.6. The normalized spacial score (nSPS) is 10.3. The van der Waals surface area contributed by atoms with Gasteiger partial charge in [-0.15, -0.1) is 0 Å². The fourth-order valence-corrected chi connectivity index (χ4v) is 1.51. The Morgan fingerprint density at radius 2 is 2.26 bits per heavy atom. The number of hydrogen-bond acceptors (Lipinski definition) is 6. The molecule has 2 rings (SSSR count). The molecule has 0 atom stereocenters. The highest BCUT2D eigenvalue weighted by molar-refractivity contribution is 5.84. The minimum Gasteiger partial charge on any atom is -0.423 e. The number of anilines is 1. The van der Waals surface area contributed by atoms with Gasteiger partial charge in [0.1, 0.15) is 0 Å². The molecule has 1 aromatic carbocycles. The van der Waals surface area contributed by atoms with Crippen LogP contribution in [0, 0.1) is 10.1 Å². The maximum absolute atomic E-state index is 10.8. The second kappa shape index (κ2) is 5.21. The van der Waals surface area contributed by atoms with Crippen LogP contribution < -0.4 is 16.4 Å². The van der Waals surface area contributed by atoms with Gasteiger partial charge < -0.3 is 20.8 Å². The third-order valence-corrected chi connectivity index (χ3v) is 2.29. The van der Waals surface area contributed by atoms with Crippen molar-refractivity contribution in [3.8, 4) is 0 Å². The van der Waals surface area contributed by atoms with Gasteiger partial charge in [-0.1, -0.05) is 6.07 Å². The number of para-hydroxylation sites is 1. The zero-order chi connectivity index (χ0) is 13.8. The molecule has 0 saturated carbocycles. The first-order chi connectivity index (χ1) is 9.08. The zero-order valence-electron chi connectivity index (χ0n) is 9.75. The highest BCUT2D eigenvalue weighted by Crippen LogP contribution is 2.26. The molecule has 1 heterocycles. The first-order valence-corrected chi connectivity index (χ1v) is 5.39. The summed E-state index contributed by atoms with van der Waals surface area (Å²) in [7, 11) is 0. The fourth-order valence-electron chi connectivity index (χ4n) is 1.51. The number of urea groups is 1. The molecule has 0 aliphatic heterocycles. The summed E-state index contributed by atoms with van der Waals surface area (Å²) in [6.07, 6.45) is 0. The molecule has 0 aliphatic carbocycles. The van der Waals surface area contributed by atoms with Crippen molar-refractivity contribution in [1.82, 2.24) is 10.3 Å². The third kappa shape index (κ3) is 2.89. The highest BCUT2D eigenvalue weighted by Gasteiger charge is 2.16. The Hall–Kier alpha value is -2.84. The molecule has 2 amide bonds. The smallest absolute Gasteiger partial charge is 0.312 e. The Balaban J connectivity index is 2.11. The summed E-state index contributed by atoms with van der Waals surface area (Å²) < 4.78 is 5.30. The number of aromatic nitrogens is 1. The van der Waals surface area contributed by atoms with Crippen LogP contribution in [-0.2, 0) is 0 Å². The number of nitrogens with zero attached hydrogens (tertiary/aromatic N) is 2. The Bertz CT molecular complexity index is 623. The maximum Gasteiger partial charge on any atom is 0.312 e. The quantitative estimate of drug-likeness (QED) is 0.415. The predicted octanol–water partition coefficient (Wildman–Crippen LogP) is 0.816. The number of primary amides is 1. The van der Waals surface area contributed by atoms with Crippen molar-refractivity contribution in [3.63, 3.8) is 0 Å². The number of rotatable bonds is 5. The summed E-state index contributed by atoms with van der Waals surface area (Å²) in [5.41, 5.74) is 5.27. The van der Waals surface area contributed by atoms with Gasteiger partial charge in [-0.2, -0.15) is 4.98 Å². The molecule has 0 saturated heterocycles. The first-order valence-electron chi connectivity index (χ1n) is 5.39. The number of fused-ring (bicyclic) bond motifs is 1. The monoisotopic (exact) mass is 265 g/mol. The maximum atomic E-state index is 10.8. The fraction of sp³-hybridized carbons (Fsp3) is 0.200. The van der Waals surface area contributed by atoms with Crippen LogP contribution in [0.25, 0.3) is 11.1 Å². The van der Waals surface area contributed by atoms with E-state index in [0.717, 1.165) is 0 Å². The molecule has 19 heavy (non-hydrogen) atoms. The number of nitro benzene ring substituents is 1. The van der Waals surface area contributed by atoms with Gasteiger partial charge in [-0.25, -0.2) is 4.79 Å². The number of carbonyl (C=O) groups excluding carboxylic acids is 1. The van der Waals surface area contributed by atoms with Crippen molar-refractivity contribution in [2.45, 2.75) is 0 Å². The molecule has 1 aromatic heterocycles. The molecule has 2 aromatic rings. The Kier molecular flexibility index (Phi) is 3.46. The number of carbonyl (C=O) groups is 1. The second-order valence-corrected chi connectivity index (χ2v) is 3.62. The number of non-ortho nitro benzene ring substituents is 1. The van der Waals surface area contributed by atoms with Crippen molar-refractivity contribution in [3.05, 3.63) is 28.3 Å². The van der Waals surface area contributed by atoms with Gasteiger partial charge in [-0.3, -0.25) is 10.1 Å². The zero-order valence-corrected chi connectivity index (χ0v) is 9.75. The number of nitro groups is 1. The van der Waals surface area contributed by atoms with Crippen LogP contribution in [0.5, 0.6) is 0 Å². The van der Waals surface area contributed by atoms with Crippen molar-refractivity contribution in [2.24, 2.45) is 5.73 Å². The SMILES string of the molecule is NC(=O)NCCNc1nc2c([N+](=O)[O-])cccc2o1. The molecule has 9 nitrogen and oxygen atoms in total. The van der Waals surface area contributed by atoms with Gasteiger partial charge in [0.15, 0.2) is 11.1 Å². The Labute approximate surface area is 106 Å². The Morgan fingerprint density at radius 3 is 2.95 bits per heavy atom. The summed E-state index contributed by atoms with van der Waals surface area (Å²) in [5, 5.41) is 16.0. The molecule has 9 heteroatoms. The molecule has 0 fully saturated rings. The average molecular weight is 265 g/mol. The number of benzene rings is 1. The van der Waals surface area contributed by atoms with Gasteiger partial charge in [0, 0.05) is 19.2 Å². The van der Waals surface area contributed by atoms with E-state index in [0.29, 0.717) is 12.1 Å². The van der Waals surface area contributed by atoms with Gasteiger partial charge in [0.05, 0.1) is 4.92 Å². The standard InChI is InChI=1S/C10H11N5O4/c11-9(16)12-4-5-13-10-14-8-6(15(17)18)2-1-3-7(8)19-10/h1-3H,4-5H2,(H,13,14)(H3,11,12,16). The molecule has 0 aliphatic rings. The van der Waals surface area contributed by atoms with Crippen molar-refractivity contribution in [1.29, 1.82) is 0 Å². The first kappa shape index (κ1) is 12.6. The molecule has 100 valence electrons. The number of nitrogens with one attached hydrogen (secondary N) is 2. The van der Waals surface area contributed by atoms with E-state index in [4.69, 9.17) is 10.2 Å². The predicted molar refractivity (Wildman–Crippen MR) is 66.7 cm³/mol. The van der Waals surface area contributed by atoms with Crippen molar-refractivity contribution < 1.29 is 14.1 Å². The summed E-state index contributed by atoms with van der Waals surface area (Å²) in [6, 6.07) is 3.97. The summed E-state index contributed by atoms with van der Waals surface area (Å²) in [4.78, 5) is 24.7. The van der Waals surface area contributed by atoms with Crippen LogP contribution in [0.1, 0.15) is 0 Å². The topological polar surface area (TPSA) is 136 Å². The van der Waals surface area contributed by atoms with E-state index in [-0.39, 0.29) is 23.8 Å². The number of oxazole rings is 1. The molecule has 0 unspecified atom stereocenters.